The fourth-order valence-corrected chi connectivity index (χ4v) is 3.56. The van der Waals surface area contributed by atoms with Crippen molar-refractivity contribution < 1.29 is 9.59 Å². The highest BCUT2D eigenvalue weighted by molar-refractivity contribution is 5.78. The van der Waals surface area contributed by atoms with Gasteiger partial charge in [0, 0.05) is 32.0 Å². The number of aromatic nitrogens is 3. The van der Waals surface area contributed by atoms with Crippen molar-refractivity contribution in [1.82, 2.24) is 30.7 Å². The molecule has 2 heterocycles. The number of hydrogen-bond donors (Lipinski definition) is 3. The Morgan fingerprint density at radius 2 is 1.88 bits per heavy atom. The Morgan fingerprint density at radius 3 is 2.72 bits per heavy atom. The van der Waals surface area contributed by atoms with Gasteiger partial charge in [-0.2, -0.15) is 0 Å². The average Bonchev–Trinajstić information content (AvgIpc) is 3.17. The number of rotatable bonds is 6. The van der Waals surface area contributed by atoms with Gasteiger partial charge in [-0.3, -0.25) is 4.79 Å². The van der Waals surface area contributed by atoms with Crippen LogP contribution in [0.4, 0.5) is 4.79 Å². The third-order valence-corrected chi connectivity index (χ3v) is 4.95. The van der Waals surface area contributed by atoms with Crippen molar-refractivity contribution in [2.75, 3.05) is 6.54 Å². The topological polar surface area (TPSA) is 101 Å². The van der Waals surface area contributed by atoms with E-state index >= 15 is 0 Å². The number of nitrogens with zero attached hydrogens (tertiary/aromatic N) is 3. The molecule has 0 bridgehead atoms. The van der Waals surface area contributed by atoms with E-state index in [1.807, 2.05) is 0 Å². The van der Waals surface area contributed by atoms with E-state index in [0.717, 1.165) is 50.3 Å². The van der Waals surface area contributed by atoms with Crippen LogP contribution in [0, 0.1) is 0 Å². The highest BCUT2D eigenvalue weighted by Gasteiger charge is 2.17. The van der Waals surface area contributed by atoms with Crippen molar-refractivity contribution >= 4 is 11.9 Å². The molecule has 3 rings (SSSR count). The summed E-state index contributed by atoms with van der Waals surface area (Å²) in [5.41, 5.74) is 0. The van der Waals surface area contributed by atoms with Gasteiger partial charge in [-0.25, -0.2) is 4.79 Å². The molecule has 1 fully saturated rings. The molecule has 138 valence electrons. The van der Waals surface area contributed by atoms with Gasteiger partial charge in [0.15, 0.2) is 5.82 Å². The van der Waals surface area contributed by atoms with Gasteiger partial charge < -0.3 is 20.5 Å². The van der Waals surface area contributed by atoms with E-state index in [1.54, 1.807) is 0 Å². The fourth-order valence-electron chi connectivity index (χ4n) is 3.56. The van der Waals surface area contributed by atoms with Crippen LogP contribution in [0.15, 0.2) is 0 Å². The highest BCUT2D eigenvalue weighted by Crippen LogP contribution is 2.17. The zero-order valence-electron chi connectivity index (χ0n) is 14.7. The van der Waals surface area contributed by atoms with Gasteiger partial charge in [0.25, 0.3) is 0 Å². The lowest BCUT2D eigenvalue weighted by Gasteiger charge is -2.12. The molecule has 0 atom stereocenters. The number of amides is 3. The Morgan fingerprint density at radius 1 is 1.04 bits per heavy atom. The number of urea groups is 1. The van der Waals surface area contributed by atoms with E-state index in [4.69, 9.17) is 0 Å². The molecule has 3 N–H and O–H groups in total. The van der Waals surface area contributed by atoms with Crippen LogP contribution in [0.1, 0.15) is 63.0 Å². The Kier molecular flexibility index (Phi) is 6.25. The molecular formula is C17H28N6O2. The first-order chi connectivity index (χ1) is 12.2. The van der Waals surface area contributed by atoms with Crippen LogP contribution in [-0.2, 0) is 24.3 Å². The molecule has 1 saturated carbocycles. The van der Waals surface area contributed by atoms with Gasteiger partial charge >= 0.3 is 6.03 Å². The summed E-state index contributed by atoms with van der Waals surface area (Å²) < 4.78 is 2.11. The third-order valence-electron chi connectivity index (χ3n) is 4.95. The SMILES string of the molecule is O=C(CCNC(=O)NCc1nnc2n1CCCCC2)NC1CCCC1. The maximum absolute atomic E-state index is 11.9. The van der Waals surface area contributed by atoms with E-state index in [2.05, 4.69) is 30.7 Å². The molecule has 0 unspecified atom stereocenters. The summed E-state index contributed by atoms with van der Waals surface area (Å²) in [6.07, 6.45) is 9.27. The van der Waals surface area contributed by atoms with Crippen LogP contribution in [0.25, 0.3) is 0 Å². The molecule has 0 radical (unpaired) electrons. The van der Waals surface area contributed by atoms with Gasteiger partial charge in [0.2, 0.25) is 5.91 Å². The van der Waals surface area contributed by atoms with Crippen molar-refractivity contribution in [3.63, 3.8) is 0 Å². The van der Waals surface area contributed by atoms with Crippen molar-refractivity contribution in [1.29, 1.82) is 0 Å². The Bertz CT molecular complexity index is 594. The summed E-state index contributed by atoms with van der Waals surface area (Å²) in [5, 5.41) is 16.9. The second-order valence-electron chi connectivity index (χ2n) is 6.90. The molecule has 1 aromatic heterocycles. The van der Waals surface area contributed by atoms with E-state index in [9.17, 15) is 9.59 Å². The minimum Gasteiger partial charge on any atom is -0.353 e. The Balaban J connectivity index is 1.34. The zero-order chi connectivity index (χ0) is 17.5. The van der Waals surface area contributed by atoms with Crippen molar-refractivity contribution in [2.24, 2.45) is 0 Å². The van der Waals surface area contributed by atoms with Gasteiger partial charge in [-0.1, -0.05) is 19.3 Å². The number of carbonyl (C=O) groups excluding carboxylic acids is 2. The Hall–Kier alpha value is -2.12. The van der Waals surface area contributed by atoms with Crippen LogP contribution >= 0.6 is 0 Å². The molecule has 1 aliphatic carbocycles. The summed E-state index contributed by atoms with van der Waals surface area (Å²) in [4.78, 5) is 23.7. The lowest BCUT2D eigenvalue weighted by molar-refractivity contribution is -0.121. The third kappa shape index (κ3) is 5.17. The first kappa shape index (κ1) is 17.7. The van der Waals surface area contributed by atoms with Crippen LogP contribution in [0.2, 0.25) is 0 Å². The molecule has 2 aliphatic rings. The quantitative estimate of drug-likeness (QED) is 0.720. The van der Waals surface area contributed by atoms with Crippen molar-refractivity contribution in [2.45, 2.75) is 76.9 Å². The molecule has 8 heteroatoms. The first-order valence-electron chi connectivity index (χ1n) is 9.44. The zero-order valence-corrected chi connectivity index (χ0v) is 14.7. The van der Waals surface area contributed by atoms with Crippen LogP contribution in [-0.4, -0.2) is 39.3 Å². The minimum atomic E-state index is -0.278. The largest absolute Gasteiger partial charge is 0.353 e. The van der Waals surface area contributed by atoms with E-state index in [1.165, 1.54) is 19.3 Å². The van der Waals surface area contributed by atoms with Crippen LogP contribution < -0.4 is 16.0 Å². The Labute approximate surface area is 148 Å². The van der Waals surface area contributed by atoms with E-state index in [-0.39, 0.29) is 11.9 Å². The molecule has 0 spiro atoms. The number of hydrogen-bond acceptors (Lipinski definition) is 4. The second-order valence-corrected chi connectivity index (χ2v) is 6.90. The lowest BCUT2D eigenvalue weighted by Crippen LogP contribution is -2.39. The number of aryl methyl sites for hydroxylation is 1. The number of fused-ring (bicyclic) bond motifs is 1. The molecule has 0 saturated heterocycles. The predicted octanol–water partition coefficient (Wildman–Crippen LogP) is 1.25. The van der Waals surface area contributed by atoms with Crippen molar-refractivity contribution in [3.05, 3.63) is 11.6 Å². The molecule has 8 nitrogen and oxygen atoms in total. The molecular weight excluding hydrogens is 320 g/mol. The highest BCUT2D eigenvalue weighted by atomic mass is 16.2. The summed E-state index contributed by atoms with van der Waals surface area (Å²) in [5.74, 6) is 1.82. The predicted molar refractivity (Wildman–Crippen MR) is 92.8 cm³/mol. The maximum atomic E-state index is 11.9. The maximum Gasteiger partial charge on any atom is 0.315 e. The smallest absolute Gasteiger partial charge is 0.315 e. The standard InChI is InChI=1S/C17H28N6O2/c24-16(20-13-6-3-4-7-13)9-10-18-17(25)19-12-15-22-21-14-8-2-1-5-11-23(14)15/h13H,1-12H2,(H,20,24)(H2,18,19,25). The first-order valence-corrected chi connectivity index (χ1v) is 9.44. The lowest BCUT2D eigenvalue weighted by atomic mass is 10.2. The second kappa shape index (κ2) is 8.82. The molecule has 25 heavy (non-hydrogen) atoms. The molecule has 3 amide bonds. The molecule has 1 aliphatic heterocycles. The van der Waals surface area contributed by atoms with Gasteiger partial charge in [0.1, 0.15) is 5.82 Å². The van der Waals surface area contributed by atoms with Gasteiger partial charge in [-0.05, 0) is 25.7 Å². The number of nitrogens with one attached hydrogen (secondary N) is 3. The minimum absolute atomic E-state index is 0.00924. The summed E-state index contributed by atoms with van der Waals surface area (Å²) in [7, 11) is 0. The number of carbonyl (C=O) groups is 2. The van der Waals surface area contributed by atoms with Crippen molar-refractivity contribution in [3.8, 4) is 0 Å². The van der Waals surface area contributed by atoms with Crippen LogP contribution in [0.3, 0.4) is 0 Å². The summed E-state index contributed by atoms with van der Waals surface area (Å²) in [6, 6.07) is 0.0455. The average molecular weight is 348 g/mol. The molecule has 1 aromatic rings. The summed E-state index contributed by atoms with van der Waals surface area (Å²) >= 11 is 0. The normalized spacial score (nSPS) is 17.6. The monoisotopic (exact) mass is 348 g/mol. The summed E-state index contributed by atoms with van der Waals surface area (Å²) in [6.45, 7) is 1.61. The van der Waals surface area contributed by atoms with E-state index < -0.39 is 0 Å². The van der Waals surface area contributed by atoms with Gasteiger partial charge in [0.05, 0.1) is 6.54 Å². The fraction of sp³-hybridized carbons (Fsp3) is 0.765. The molecule has 0 aromatic carbocycles. The van der Waals surface area contributed by atoms with Crippen LogP contribution in [0.5, 0.6) is 0 Å². The van der Waals surface area contributed by atoms with E-state index in [0.29, 0.717) is 25.6 Å². The van der Waals surface area contributed by atoms with Gasteiger partial charge in [-0.15, -0.1) is 10.2 Å².